The lowest BCUT2D eigenvalue weighted by Gasteiger charge is -2.00. The number of rotatable bonds is 6. The van der Waals surface area contributed by atoms with Crippen molar-refractivity contribution in [2.24, 2.45) is 10.7 Å². The Morgan fingerprint density at radius 1 is 1.31 bits per heavy atom. The Hall–Kier alpha value is -3.26. The summed E-state index contributed by atoms with van der Waals surface area (Å²) < 4.78 is 5.04. The second kappa shape index (κ2) is 7.32. The first-order valence-electron chi connectivity index (χ1n) is 7.70. The van der Waals surface area contributed by atoms with Gasteiger partial charge >= 0.3 is 5.88 Å². The second-order valence-electron chi connectivity index (χ2n) is 5.55. The average Bonchev–Trinajstić information content (AvgIpc) is 3.19. The van der Waals surface area contributed by atoms with Crippen molar-refractivity contribution in [1.82, 2.24) is 0 Å². The van der Waals surface area contributed by atoms with Crippen molar-refractivity contribution in [2.45, 2.75) is 13.3 Å². The van der Waals surface area contributed by atoms with E-state index in [0.717, 1.165) is 16.0 Å². The molecule has 2 heterocycles. The van der Waals surface area contributed by atoms with Crippen molar-refractivity contribution in [3.05, 3.63) is 79.9 Å². The largest absolute Gasteiger partial charge is 0.433 e. The van der Waals surface area contributed by atoms with E-state index in [4.69, 9.17) is 10.2 Å². The van der Waals surface area contributed by atoms with Gasteiger partial charge in [-0.25, -0.2) is 4.99 Å². The molecule has 132 valence electrons. The topological polar surface area (TPSA) is 112 Å². The van der Waals surface area contributed by atoms with Crippen LogP contribution in [0.2, 0.25) is 0 Å². The monoisotopic (exact) mass is 369 g/mol. The fraction of sp³-hybridized carbons (Fsp3) is 0.111. The van der Waals surface area contributed by atoms with Crippen molar-refractivity contribution in [1.29, 1.82) is 0 Å². The Kier molecular flexibility index (Phi) is 4.94. The molecule has 0 radical (unpaired) electrons. The Morgan fingerprint density at radius 3 is 2.65 bits per heavy atom. The van der Waals surface area contributed by atoms with Crippen LogP contribution in [0, 0.1) is 17.0 Å². The number of benzene rings is 1. The summed E-state index contributed by atoms with van der Waals surface area (Å²) in [5.74, 6) is -0.702. The predicted molar refractivity (Wildman–Crippen MR) is 99.4 cm³/mol. The molecule has 0 spiro atoms. The van der Waals surface area contributed by atoms with Crippen LogP contribution in [0.25, 0.3) is 0 Å². The number of aliphatic imine (C=N–C) groups is 1. The third kappa shape index (κ3) is 3.70. The highest BCUT2D eigenvalue weighted by molar-refractivity contribution is 7.16. The molecule has 3 rings (SSSR count). The smallest absolute Gasteiger partial charge is 0.400 e. The molecule has 3 aromatic rings. The highest BCUT2D eigenvalue weighted by Crippen LogP contribution is 2.36. The Labute approximate surface area is 152 Å². The first-order valence-corrected chi connectivity index (χ1v) is 8.51. The summed E-state index contributed by atoms with van der Waals surface area (Å²) in [5, 5.41) is 11.1. The van der Waals surface area contributed by atoms with E-state index in [-0.39, 0.29) is 11.6 Å². The summed E-state index contributed by atoms with van der Waals surface area (Å²) >= 11 is 1.37. The zero-order valence-corrected chi connectivity index (χ0v) is 14.7. The fourth-order valence-electron chi connectivity index (χ4n) is 2.51. The lowest BCUT2D eigenvalue weighted by Crippen LogP contribution is -2.11. The molecular weight excluding hydrogens is 354 g/mol. The van der Waals surface area contributed by atoms with E-state index in [1.807, 2.05) is 37.3 Å². The number of carbonyl (C=O) groups excluding carboxylic acids is 1. The van der Waals surface area contributed by atoms with E-state index in [9.17, 15) is 14.9 Å². The molecule has 0 atom stereocenters. The molecule has 0 bridgehead atoms. The normalized spacial score (nSPS) is 11.1. The van der Waals surface area contributed by atoms with Gasteiger partial charge in [-0.1, -0.05) is 30.3 Å². The quantitative estimate of drug-likeness (QED) is 0.402. The summed E-state index contributed by atoms with van der Waals surface area (Å²) in [6, 6.07) is 12.6. The average molecular weight is 369 g/mol. The summed E-state index contributed by atoms with van der Waals surface area (Å²) in [4.78, 5) is 27.1. The van der Waals surface area contributed by atoms with Crippen LogP contribution in [-0.2, 0) is 6.42 Å². The van der Waals surface area contributed by atoms with Crippen LogP contribution in [0.3, 0.4) is 0 Å². The molecule has 2 N–H and O–H groups in total. The van der Waals surface area contributed by atoms with E-state index >= 15 is 0 Å². The van der Waals surface area contributed by atoms with Crippen molar-refractivity contribution in [2.75, 3.05) is 0 Å². The molecule has 0 aliphatic carbocycles. The molecule has 0 saturated carbocycles. The van der Waals surface area contributed by atoms with E-state index in [2.05, 4.69) is 4.99 Å². The summed E-state index contributed by atoms with van der Waals surface area (Å²) in [7, 11) is 0. The van der Waals surface area contributed by atoms with Gasteiger partial charge < -0.3 is 10.2 Å². The van der Waals surface area contributed by atoms with Gasteiger partial charge in [0.25, 0.3) is 5.91 Å². The number of hydrogen-bond donors (Lipinski definition) is 1. The lowest BCUT2D eigenvalue weighted by atomic mass is 10.1. The van der Waals surface area contributed by atoms with Gasteiger partial charge in [0.05, 0.1) is 17.8 Å². The number of hydrogen-bond acceptors (Lipinski definition) is 6. The molecule has 0 saturated heterocycles. The van der Waals surface area contributed by atoms with Crippen molar-refractivity contribution in [3.63, 3.8) is 0 Å². The molecule has 0 unspecified atom stereocenters. The maximum Gasteiger partial charge on any atom is 0.433 e. The molecular formula is C18H15N3O4S. The molecule has 0 aliphatic heterocycles. The Bertz CT molecular complexity index is 989. The van der Waals surface area contributed by atoms with Gasteiger partial charge in [-0.05, 0) is 24.1 Å². The number of nitro groups is 1. The number of primary amides is 1. The van der Waals surface area contributed by atoms with Gasteiger partial charge in [0.2, 0.25) is 0 Å². The van der Waals surface area contributed by atoms with Crippen LogP contribution in [0.5, 0.6) is 0 Å². The van der Waals surface area contributed by atoms with E-state index in [0.29, 0.717) is 17.0 Å². The van der Waals surface area contributed by atoms with E-state index < -0.39 is 10.8 Å². The van der Waals surface area contributed by atoms with Crippen molar-refractivity contribution in [3.8, 4) is 0 Å². The molecule has 2 aromatic heterocycles. The zero-order chi connectivity index (χ0) is 18.7. The maximum absolute atomic E-state index is 11.9. The van der Waals surface area contributed by atoms with Gasteiger partial charge in [0, 0.05) is 11.3 Å². The SMILES string of the molecule is Cc1c(Cc2ccccc2)sc(/N=C/c2ccc([N+](=O)[O-])o2)c1C(N)=O. The predicted octanol–water partition coefficient (Wildman–Crippen LogP) is 4.00. The number of furan rings is 1. The molecule has 26 heavy (non-hydrogen) atoms. The highest BCUT2D eigenvalue weighted by Gasteiger charge is 2.19. The van der Waals surface area contributed by atoms with Gasteiger partial charge in [-0.2, -0.15) is 0 Å². The summed E-state index contributed by atoms with van der Waals surface area (Å²) in [5.41, 5.74) is 7.79. The van der Waals surface area contributed by atoms with Gasteiger partial charge in [-0.15, -0.1) is 11.3 Å². The van der Waals surface area contributed by atoms with Gasteiger partial charge in [0.15, 0.2) is 5.76 Å². The minimum Gasteiger partial charge on any atom is -0.400 e. The van der Waals surface area contributed by atoms with Crippen LogP contribution in [0.4, 0.5) is 10.9 Å². The molecule has 8 heteroatoms. The Morgan fingerprint density at radius 2 is 2.04 bits per heavy atom. The standard InChI is InChI=1S/C18H15N3O4S/c1-11-14(9-12-5-3-2-4-6-12)26-18(16(11)17(19)22)20-10-13-7-8-15(25-13)21(23)24/h2-8,10H,9H2,1H3,(H2,19,22)/b20-10+. The first kappa shape index (κ1) is 17.6. The van der Waals surface area contributed by atoms with E-state index in [1.54, 1.807) is 0 Å². The third-order valence-corrected chi connectivity index (χ3v) is 4.98. The minimum atomic E-state index is -0.626. The van der Waals surface area contributed by atoms with E-state index in [1.165, 1.54) is 29.7 Å². The van der Waals surface area contributed by atoms with Gasteiger partial charge in [0.1, 0.15) is 9.92 Å². The summed E-state index contributed by atoms with van der Waals surface area (Å²) in [6.45, 7) is 1.84. The highest BCUT2D eigenvalue weighted by atomic mass is 32.1. The molecule has 7 nitrogen and oxygen atoms in total. The minimum absolute atomic E-state index is 0.225. The summed E-state index contributed by atoms with van der Waals surface area (Å²) in [6.07, 6.45) is 2.01. The van der Waals surface area contributed by atoms with Crippen molar-refractivity contribution < 1.29 is 14.1 Å². The number of thiophene rings is 1. The fourth-order valence-corrected chi connectivity index (χ4v) is 3.70. The van der Waals surface area contributed by atoms with Crippen LogP contribution in [-0.4, -0.2) is 17.0 Å². The van der Waals surface area contributed by atoms with Crippen LogP contribution < -0.4 is 5.73 Å². The first-order chi connectivity index (χ1) is 12.5. The zero-order valence-electron chi connectivity index (χ0n) is 13.8. The number of amides is 1. The Balaban J connectivity index is 1.92. The van der Waals surface area contributed by atoms with Gasteiger partial charge in [-0.3, -0.25) is 14.9 Å². The van der Waals surface area contributed by atoms with Crippen LogP contribution in [0.1, 0.15) is 32.1 Å². The number of nitrogens with zero attached hydrogens (tertiary/aromatic N) is 2. The maximum atomic E-state index is 11.9. The lowest BCUT2D eigenvalue weighted by molar-refractivity contribution is -0.402. The molecule has 1 amide bonds. The number of nitrogens with two attached hydrogens (primary N) is 1. The molecule has 0 fully saturated rings. The number of carbonyl (C=O) groups is 1. The van der Waals surface area contributed by atoms with Crippen LogP contribution >= 0.6 is 11.3 Å². The van der Waals surface area contributed by atoms with Crippen LogP contribution in [0.15, 0.2) is 51.9 Å². The molecule has 0 aliphatic rings. The third-order valence-electron chi connectivity index (χ3n) is 3.78. The molecule has 1 aromatic carbocycles. The second-order valence-corrected chi connectivity index (χ2v) is 6.63. The van der Waals surface area contributed by atoms with Crippen molar-refractivity contribution >= 4 is 34.3 Å².